The van der Waals surface area contributed by atoms with E-state index < -0.39 is 0 Å². The van der Waals surface area contributed by atoms with Crippen molar-refractivity contribution in [2.24, 2.45) is 0 Å². The lowest BCUT2D eigenvalue weighted by atomic mass is 9.84. The number of benzene rings is 1. The summed E-state index contributed by atoms with van der Waals surface area (Å²) in [5.41, 5.74) is 0.275. The Morgan fingerprint density at radius 1 is 1.47 bits per heavy atom. The Kier molecular flexibility index (Phi) is 3.85. The highest BCUT2D eigenvalue weighted by Crippen LogP contribution is 2.31. The topological polar surface area (TPSA) is 29.1 Å². The van der Waals surface area contributed by atoms with E-state index in [9.17, 15) is 4.79 Å². The molecule has 1 aromatic rings. The van der Waals surface area contributed by atoms with Gasteiger partial charge < -0.3 is 5.32 Å². The van der Waals surface area contributed by atoms with Gasteiger partial charge in [0.1, 0.15) is 0 Å². The maximum atomic E-state index is 12.6. The molecule has 0 bridgehead atoms. The third kappa shape index (κ3) is 2.38. The van der Waals surface area contributed by atoms with Crippen LogP contribution in [0.4, 0.5) is 0 Å². The standard InChI is InChI=1S/C14H18ClNO/c1-2-8-14(9-5-10-16-14)13(17)11-6-3-4-7-12(11)15/h3-4,6-7,16H,2,5,8-10H2,1H3. The minimum Gasteiger partial charge on any atom is -0.305 e. The third-order valence-corrected chi connectivity index (χ3v) is 3.80. The lowest BCUT2D eigenvalue weighted by Gasteiger charge is -2.28. The zero-order valence-electron chi connectivity index (χ0n) is 10.1. The van der Waals surface area contributed by atoms with Crippen LogP contribution in [0.5, 0.6) is 0 Å². The number of hydrogen-bond acceptors (Lipinski definition) is 2. The first-order valence-electron chi connectivity index (χ1n) is 6.24. The molecule has 0 aliphatic carbocycles. The molecule has 17 heavy (non-hydrogen) atoms. The largest absolute Gasteiger partial charge is 0.305 e. The molecule has 1 heterocycles. The van der Waals surface area contributed by atoms with Gasteiger partial charge in [0.05, 0.1) is 10.6 Å². The molecule has 0 saturated carbocycles. The van der Waals surface area contributed by atoms with Crippen LogP contribution >= 0.6 is 11.6 Å². The van der Waals surface area contributed by atoms with E-state index in [2.05, 4.69) is 12.2 Å². The van der Waals surface area contributed by atoms with Gasteiger partial charge in [0.25, 0.3) is 0 Å². The van der Waals surface area contributed by atoms with Gasteiger partial charge in [0.15, 0.2) is 5.78 Å². The molecule has 0 spiro atoms. The molecule has 1 fully saturated rings. The van der Waals surface area contributed by atoms with Crippen LogP contribution in [0.2, 0.25) is 5.02 Å². The van der Waals surface area contributed by atoms with Crippen molar-refractivity contribution in [3.05, 3.63) is 34.9 Å². The monoisotopic (exact) mass is 251 g/mol. The van der Waals surface area contributed by atoms with Gasteiger partial charge in [-0.3, -0.25) is 4.79 Å². The molecule has 1 N–H and O–H groups in total. The van der Waals surface area contributed by atoms with E-state index >= 15 is 0 Å². The minimum atomic E-state index is -0.375. The summed E-state index contributed by atoms with van der Waals surface area (Å²) in [4.78, 5) is 12.6. The molecule has 0 amide bonds. The van der Waals surface area contributed by atoms with Crippen molar-refractivity contribution in [3.63, 3.8) is 0 Å². The number of ketones is 1. The predicted octanol–water partition coefficient (Wildman–Crippen LogP) is 3.45. The number of carbonyl (C=O) groups excluding carboxylic acids is 1. The number of carbonyl (C=O) groups is 1. The van der Waals surface area contributed by atoms with E-state index in [-0.39, 0.29) is 11.3 Å². The van der Waals surface area contributed by atoms with E-state index in [1.807, 2.05) is 18.2 Å². The van der Waals surface area contributed by atoms with Crippen LogP contribution in [-0.4, -0.2) is 17.9 Å². The summed E-state index contributed by atoms with van der Waals surface area (Å²) in [7, 11) is 0. The average molecular weight is 252 g/mol. The maximum Gasteiger partial charge on any atom is 0.184 e. The normalized spacial score (nSPS) is 23.9. The van der Waals surface area contributed by atoms with Gasteiger partial charge in [-0.2, -0.15) is 0 Å². The van der Waals surface area contributed by atoms with Crippen molar-refractivity contribution in [2.45, 2.75) is 38.1 Å². The first-order chi connectivity index (χ1) is 8.19. The first-order valence-corrected chi connectivity index (χ1v) is 6.62. The van der Waals surface area contributed by atoms with Crippen LogP contribution in [0.25, 0.3) is 0 Å². The Balaban J connectivity index is 2.32. The summed E-state index contributed by atoms with van der Waals surface area (Å²) < 4.78 is 0. The van der Waals surface area contributed by atoms with Crippen molar-refractivity contribution in [1.29, 1.82) is 0 Å². The summed E-state index contributed by atoms with van der Waals surface area (Å²) in [6.07, 6.45) is 3.88. The molecule has 0 aromatic heterocycles. The molecule has 1 aliphatic rings. The van der Waals surface area contributed by atoms with Crippen molar-refractivity contribution in [2.75, 3.05) is 6.54 Å². The molecule has 3 heteroatoms. The number of halogens is 1. The molecule has 1 unspecified atom stereocenters. The number of nitrogens with one attached hydrogen (secondary N) is 1. The molecule has 2 nitrogen and oxygen atoms in total. The van der Waals surface area contributed by atoms with Crippen LogP contribution in [0, 0.1) is 0 Å². The fourth-order valence-corrected chi connectivity index (χ4v) is 2.88. The van der Waals surface area contributed by atoms with Gasteiger partial charge in [-0.25, -0.2) is 0 Å². The predicted molar refractivity (Wildman–Crippen MR) is 70.7 cm³/mol. The maximum absolute atomic E-state index is 12.6. The number of rotatable bonds is 4. The number of hydrogen-bond donors (Lipinski definition) is 1. The Hall–Kier alpha value is -0.860. The summed E-state index contributed by atoms with van der Waals surface area (Å²) in [5, 5.41) is 3.95. The highest BCUT2D eigenvalue weighted by atomic mass is 35.5. The Labute approximate surface area is 107 Å². The lowest BCUT2D eigenvalue weighted by Crippen LogP contribution is -2.47. The molecule has 1 aromatic carbocycles. The fraction of sp³-hybridized carbons (Fsp3) is 0.500. The Bertz CT molecular complexity index is 410. The second-order valence-corrected chi connectivity index (χ2v) is 5.08. The van der Waals surface area contributed by atoms with Crippen LogP contribution in [0.3, 0.4) is 0 Å². The second-order valence-electron chi connectivity index (χ2n) is 4.67. The molecule has 0 radical (unpaired) electrons. The van der Waals surface area contributed by atoms with Crippen molar-refractivity contribution >= 4 is 17.4 Å². The zero-order chi connectivity index (χ0) is 12.3. The minimum absolute atomic E-state index is 0.155. The van der Waals surface area contributed by atoms with E-state index in [0.717, 1.165) is 32.2 Å². The van der Waals surface area contributed by atoms with Crippen LogP contribution < -0.4 is 5.32 Å². The highest BCUT2D eigenvalue weighted by Gasteiger charge is 2.40. The van der Waals surface area contributed by atoms with Crippen LogP contribution in [-0.2, 0) is 0 Å². The van der Waals surface area contributed by atoms with Crippen molar-refractivity contribution < 1.29 is 4.79 Å². The number of Topliss-reactive ketones (excluding diaryl/α,β-unsaturated/α-hetero) is 1. The summed E-state index contributed by atoms with van der Waals surface area (Å²) in [6, 6.07) is 7.33. The third-order valence-electron chi connectivity index (χ3n) is 3.47. The van der Waals surface area contributed by atoms with Gasteiger partial charge >= 0.3 is 0 Å². The van der Waals surface area contributed by atoms with Gasteiger partial charge in [0, 0.05) is 5.56 Å². The molecule has 92 valence electrons. The lowest BCUT2D eigenvalue weighted by molar-refractivity contribution is 0.0858. The smallest absolute Gasteiger partial charge is 0.184 e. The van der Waals surface area contributed by atoms with Crippen LogP contribution in [0.1, 0.15) is 43.0 Å². The highest BCUT2D eigenvalue weighted by molar-refractivity contribution is 6.34. The molecule has 1 saturated heterocycles. The Morgan fingerprint density at radius 2 is 2.24 bits per heavy atom. The quantitative estimate of drug-likeness (QED) is 0.831. The zero-order valence-corrected chi connectivity index (χ0v) is 10.9. The molecular formula is C14H18ClNO. The van der Waals surface area contributed by atoms with E-state index in [1.54, 1.807) is 6.07 Å². The van der Waals surface area contributed by atoms with E-state index in [4.69, 9.17) is 11.6 Å². The summed E-state index contributed by atoms with van der Waals surface area (Å²) in [5.74, 6) is 0.155. The molecule has 2 rings (SSSR count). The SMILES string of the molecule is CCCC1(C(=O)c2ccccc2Cl)CCCN1. The first kappa shape index (κ1) is 12.6. The van der Waals surface area contributed by atoms with Gasteiger partial charge in [-0.1, -0.05) is 37.1 Å². The molecule has 1 atom stereocenters. The van der Waals surface area contributed by atoms with Gasteiger partial charge in [0.2, 0.25) is 0 Å². The van der Waals surface area contributed by atoms with Gasteiger partial charge in [-0.05, 0) is 37.9 Å². The molecular weight excluding hydrogens is 234 g/mol. The summed E-state index contributed by atoms with van der Waals surface area (Å²) in [6.45, 7) is 3.04. The molecule has 1 aliphatic heterocycles. The average Bonchev–Trinajstić information content (AvgIpc) is 2.79. The van der Waals surface area contributed by atoms with Crippen molar-refractivity contribution in [1.82, 2.24) is 5.32 Å². The summed E-state index contributed by atoms with van der Waals surface area (Å²) >= 11 is 6.11. The van der Waals surface area contributed by atoms with Crippen LogP contribution in [0.15, 0.2) is 24.3 Å². The van der Waals surface area contributed by atoms with E-state index in [1.165, 1.54) is 0 Å². The second kappa shape index (κ2) is 5.19. The van der Waals surface area contributed by atoms with Crippen molar-refractivity contribution in [3.8, 4) is 0 Å². The van der Waals surface area contributed by atoms with Gasteiger partial charge in [-0.15, -0.1) is 0 Å². The fourth-order valence-electron chi connectivity index (χ4n) is 2.66. The van der Waals surface area contributed by atoms with E-state index in [0.29, 0.717) is 10.6 Å². The Morgan fingerprint density at radius 3 is 2.82 bits per heavy atom.